The Morgan fingerprint density at radius 2 is 2.14 bits per heavy atom. The fourth-order valence-electron chi connectivity index (χ4n) is 2.60. The van der Waals surface area contributed by atoms with Crippen LogP contribution in [-0.2, 0) is 6.42 Å². The Balaban J connectivity index is 1.99. The largest absolute Gasteiger partial charge is 0.459 e. The number of likely N-dealkylation sites (N-methyl/N-ethyl adjacent to an activating group) is 1. The van der Waals surface area contributed by atoms with Crippen LogP contribution >= 0.6 is 0 Å². The number of hydrogen-bond acceptors (Lipinski definition) is 3. The van der Waals surface area contributed by atoms with Crippen molar-refractivity contribution < 1.29 is 8.81 Å². The van der Waals surface area contributed by atoms with Gasteiger partial charge in [-0.2, -0.15) is 0 Å². The van der Waals surface area contributed by atoms with Crippen LogP contribution in [0.3, 0.4) is 0 Å². The Morgan fingerprint density at radius 3 is 2.86 bits per heavy atom. The van der Waals surface area contributed by atoms with Crippen molar-refractivity contribution in [2.75, 3.05) is 7.05 Å². The maximum Gasteiger partial charge on any atom is 0.134 e. The number of benzene rings is 1. The fraction of sp³-hybridized carbons (Fsp3) is 0.235. The van der Waals surface area contributed by atoms with Gasteiger partial charge in [0.05, 0.1) is 6.04 Å². The molecule has 0 aliphatic heterocycles. The van der Waals surface area contributed by atoms with Gasteiger partial charge in [0.25, 0.3) is 0 Å². The topological polar surface area (TPSA) is 38.1 Å². The number of nitrogens with one attached hydrogen (secondary N) is 1. The van der Waals surface area contributed by atoms with Gasteiger partial charge in [0.15, 0.2) is 0 Å². The minimum atomic E-state index is -0.247. The predicted molar refractivity (Wildman–Crippen MR) is 80.7 cm³/mol. The first-order chi connectivity index (χ1) is 10.2. The molecule has 2 aromatic heterocycles. The summed E-state index contributed by atoms with van der Waals surface area (Å²) in [6, 6.07) is 10.5. The number of furan rings is 1. The molecule has 0 saturated heterocycles. The van der Waals surface area contributed by atoms with Crippen LogP contribution in [0.25, 0.3) is 11.0 Å². The molecule has 0 bridgehead atoms. The molecule has 4 heteroatoms. The van der Waals surface area contributed by atoms with Gasteiger partial charge < -0.3 is 9.73 Å². The van der Waals surface area contributed by atoms with E-state index in [2.05, 4.69) is 10.3 Å². The maximum absolute atomic E-state index is 13.4. The molecular formula is C17H17FN2O. The molecule has 0 radical (unpaired) electrons. The molecule has 1 N–H and O–H groups in total. The Hall–Kier alpha value is -2.20. The molecule has 3 aromatic rings. The van der Waals surface area contributed by atoms with Crippen molar-refractivity contribution in [2.45, 2.75) is 19.4 Å². The number of rotatable bonds is 4. The quantitative estimate of drug-likeness (QED) is 0.792. The number of halogens is 1. The molecule has 0 aliphatic rings. The molecule has 1 unspecified atom stereocenters. The highest BCUT2D eigenvalue weighted by molar-refractivity contribution is 5.82. The van der Waals surface area contributed by atoms with Gasteiger partial charge >= 0.3 is 0 Å². The second-order valence-electron chi connectivity index (χ2n) is 5.10. The highest BCUT2D eigenvalue weighted by atomic mass is 19.1. The predicted octanol–water partition coefficient (Wildman–Crippen LogP) is 3.78. The first-order valence-corrected chi connectivity index (χ1v) is 6.94. The molecule has 3 nitrogen and oxygen atoms in total. The molecule has 0 fully saturated rings. The average molecular weight is 284 g/mol. The highest BCUT2D eigenvalue weighted by Crippen LogP contribution is 2.31. The van der Waals surface area contributed by atoms with Crippen molar-refractivity contribution >= 4 is 11.0 Å². The molecule has 1 atom stereocenters. The van der Waals surface area contributed by atoms with Gasteiger partial charge in [0, 0.05) is 29.3 Å². The maximum atomic E-state index is 13.4. The SMILES string of the molecule is CNC(Cc1ccccn1)c1oc2ccc(F)cc2c1C. The zero-order valence-corrected chi connectivity index (χ0v) is 12.1. The molecular weight excluding hydrogens is 267 g/mol. The van der Waals surface area contributed by atoms with Crippen LogP contribution in [0.5, 0.6) is 0 Å². The summed E-state index contributed by atoms with van der Waals surface area (Å²) in [4.78, 5) is 4.35. The normalized spacial score (nSPS) is 12.7. The van der Waals surface area contributed by atoms with Crippen LogP contribution in [0.1, 0.15) is 23.1 Å². The van der Waals surface area contributed by atoms with Gasteiger partial charge in [-0.1, -0.05) is 6.07 Å². The minimum Gasteiger partial charge on any atom is -0.459 e. The summed E-state index contributed by atoms with van der Waals surface area (Å²) in [5, 5.41) is 4.08. The second kappa shape index (κ2) is 5.66. The number of hydrogen-bond donors (Lipinski definition) is 1. The van der Waals surface area contributed by atoms with E-state index in [0.717, 1.165) is 28.8 Å². The molecule has 0 aliphatic carbocycles. The van der Waals surface area contributed by atoms with Gasteiger partial charge in [0.2, 0.25) is 0 Å². The first kappa shape index (κ1) is 13.8. The average Bonchev–Trinajstić information content (AvgIpc) is 2.83. The summed E-state index contributed by atoms with van der Waals surface area (Å²) < 4.78 is 19.3. The van der Waals surface area contributed by atoms with Gasteiger partial charge in [-0.05, 0) is 44.3 Å². The van der Waals surface area contributed by atoms with E-state index in [1.54, 1.807) is 12.3 Å². The Kier molecular flexibility index (Phi) is 3.71. The lowest BCUT2D eigenvalue weighted by molar-refractivity contribution is 0.445. The summed E-state index contributed by atoms with van der Waals surface area (Å²) in [6.07, 6.45) is 2.50. The lowest BCUT2D eigenvalue weighted by Gasteiger charge is -2.14. The summed E-state index contributed by atoms with van der Waals surface area (Å²) in [5.41, 5.74) is 2.67. The molecule has 0 saturated carbocycles. The second-order valence-corrected chi connectivity index (χ2v) is 5.10. The van der Waals surface area contributed by atoms with E-state index in [0.29, 0.717) is 5.58 Å². The van der Waals surface area contributed by atoms with Crippen LogP contribution in [0.4, 0.5) is 4.39 Å². The van der Waals surface area contributed by atoms with E-state index in [4.69, 9.17) is 4.42 Å². The van der Waals surface area contributed by atoms with E-state index < -0.39 is 0 Å². The highest BCUT2D eigenvalue weighted by Gasteiger charge is 2.20. The molecule has 2 heterocycles. The number of fused-ring (bicyclic) bond motifs is 1. The van der Waals surface area contributed by atoms with Crippen molar-refractivity contribution in [3.05, 3.63) is 65.4 Å². The number of aryl methyl sites for hydroxylation is 1. The minimum absolute atomic E-state index is 0.00959. The molecule has 108 valence electrons. The Labute approximate surface area is 122 Å². The fourth-order valence-corrected chi connectivity index (χ4v) is 2.60. The van der Waals surface area contributed by atoms with Crippen LogP contribution < -0.4 is 5.32 Å². The monoisotopic (exact) mass is 284 g/mol. The summed E-state index contributed by atoms with van der Waals surface area (Å²) >= 11 is 0. The van der Waals surface area contributed by atoms with Crippen molar-refractivity contribution in [3.63, 3.8) is 0 Å². The molecule has 21 heavy (non-hydrogen) atoms. The van der Waals surface area contributed by atoms with E-state index in [1.807, 2.05) is 32.2 Å². The first-order valence-electron chi connectivity index (χ1n) is 6.94. The van der Waals surface area contributed by atoms with Crippen molar-refractivity contribution in [3.8, 4) is 0 Å². The van der Waals surface area contributed by atoms with E-state index in [-0.39, 0.29) is 11.9 Å². The van der Waals surface area contributed by atoms with E-state index in [9.17, 15) is 4.39 Å². The Morgan fingerprint density at radius 1 is 1.29 bits per heavy atom. The van der Waals surface area contributed by atoms with Crippen LogP contribution in [0.2, 0.25) is 0 Å². The van der Waals surface area contributed by atoms with Crippen molar-refractivity contribution in [2.24, 2.45) is 0 Å². The molecule has 0 amide bonds. The van der Waals surface area contributed by atoms with Crippen LogP contribution in [0, 0.1) is 12.7 Å². The third kappa shape index (κ3) is 2.67. The van der Waals surface area contributed by atoms with Gasteiger partial charge in [-0.15, -0.1) is 0 Å². The molecule has 3 rings (SSSR count). The zero-order valence-electron chi connectivity index (χ0n) is 12.1. The van der Waals surface area contributed by atoms with Gasteiger partial charge in [-0.25, -0.2) is 4.39 Å². The number of pyridine rings is 1. The van der Waals surface area contributed by atoms with E-state index >= 15 is 0 Å². The van der Waals surface area contributed by atoms with E-state index in [1.165, 1.54) is 12.1 Å². The van der Waals surface area contributed by atoms with Gasteiger partial charge in [0.1, 0.15) is 17.2 Å². The lowest BCUT2D eigenvalue weighted by Crippen LogP contribution is -2.19. The lowest BCUT2D eigenvalue weighted by atomic mass is 10.0. The van der Waals surface area contributed by atoms with Crippen LogP contribution in [-0.4, -0.2) is 12.0 Å². The third-order valence-corrected chi connectivity index (χ3v) is 3.74. The third-order valence-electron chi connectivity index (χ3n) is 3.74. The summed E-state index contributed by atoms with van der Waals surface area (Å²) in [5.74, 6) is 0.590. The van der Waals surface area contributed by atoms with Gasteiger partial charge in [-0.3, -0.25) is 4.98 Å². The summed E-state index contributed by atoms with van der Waals surface area (Å²) in [7, 11) is 1.89. The molecule has 0 spiro atoms. The molecule has 1 aromatic carbocycles. The number of nitrogens with zero attached hydrogens (tertiary/aromatic N) is 1. The van der Waals surface area contributed by atoms with Crippen molar-refractivity contribution in [1.82, 2.24) is 10.3 Å². The summed E-state index contributed by atoms with van der Waals surface area (Å²) in [6.45, 7) is 1.96. The smallest absolute Gasteiger partial charge is 0.134 e. The standard InChI is InChI=1S/C17H17FN2O/c1-11-14-9-12(18)6-7-16(14)21-17(11)15(19-2)10-13-5-3-4-8-20-13/h3-9,15,19H,10H2,1-2H3. The van der Waals surface area contributed by atoms with Crippen molar-refractivity contribution in [1.29, 1.82) is 0 Å². The van der Waals surface area contributed by atoms with Crippen LogP contribution in [0.15, 0.2) is 47.0 Å². The zero-order chi connectivity index (χ0) is 14.8. The number of aromatic nitrogens is 1. The Bertz CT molecular complexity index is 752.